The molecule has 28 heavy (non-hydrogen) atoms. The zero-order valence-electron chi connectivity index (χ0n) is 15.4. The fourth-order valence-electron chi connectivity index (χ4n) is 3.52. The summed E-state index contributed by atoms with van der Waals surface area (Å²) in [6.07, 6.45) is 10.0. The summed E-state index contributed by atoms with van der Waals surface area (Å²) in [6, 6.07) is 11.7. The average Bonchev–Trinajstić information content (AvgIpc) is 3.33. The highest BCUT2D eigenvalue weighted by Crippen LogP contribution is 2.25. The minimum atomic E-state index is -0.0966. The standard InChI is InChI=1S/C21H18N6O/c1-25-13-16(12-22-25)18-6-4-5-15-11-23-27(21(28)20(15)18)10-8-17-14-26-9-3-2-7-19(26)24-17/h2-7,9,11-14H,8,10H2,1H3. The van der Waals surface area contributed by atoms with Crippen LogP contribution in [0.4, 0.5) is 0 Å². The van der Waals surface area contributed by atoms with E-state index in [1.807, 2.05) is 66.4 Å². The number of fused-ring (bicyclic) bond motifs is 2. The van der Waals surface area contributed by atoms with Crippen LogP contribution in [0.15, 0.2) is 72.2 Å². The molecule has 4 heterocycles. The van der Waals surface area contributed by atoms with Crippen LogP contribution in [0.25, 0.3) is 27.5 Å². The summed E-state index contributed by atoms with van der Waals surface area (Å²) >= 11 is 0. The Morgan fingerprint density at radius 1 is 1.00 bits per heavy atom. The summed E-state index contributed by atoms with van der Waals surface area (Å²) < 4.78 is 5.23. The Labute approximate surface area is 160 Å². The molecule has 0 amide bonds. The maximum atomic E-state index is 13.2. The summed E-state index contributed by atoms with van der Waals surface area (Å²) in [5.74, 6) is 0. The largest absolute Gasteiger partial charge is 0.307 e. The number of hydrogen-bond acceptors (Lipinski definition) is 4. The summed E-state index contributed by atoms with van der Waals surface area (Å²) in [4.78, 5) is 17.8. The Kier molecular flexibility index (Phi) is 3.79. The summed E-state index contributed by atoms with van der Waals surface area (Å²) in [6.45, 7) is 0.472. The van der Waals surface area contributed by atoms with Crippen LogP contribution in [0.1, 0.15) is 5.69 Å². The maximum Gasteiger partial charge on any atom is 0.275 e. The van der Waals surface area contributed by atoms with Gasteiger partial charge in [-0.3, -0.25) is 9.48 Å². The first kappa shape index (κ1) is 16.4. The fraction of sp³-hybridized carbons (Fsp3) is 0.143. The molecule has 5 rings (SSSR count). The van der Waals surface area contributed by atoms with Gasteiger partial charge in [-0.25, -0.2) is 9.67 Å². The van der Waals surface area contributed by atoms with Crippen molar-refractivity contribution in [3.63, 3.8) is 0 Å². The molecule has 0 unspecified atom stereocenters. The summed E-state index contributed by atoms with van der Waals surface area (Å²) in [7, 11) is 1.86. The van der Waals surface area contributed by atoms with Crippen molar-refractivity contribution in [2.75, 3.05) is 0 Å². The van der Waals surface area contributed by atoms with Gasteiger partial charge in [-0.05, 0) is 17.7 Å². The first-order chi connectivity index (χ1) is 13.7. The molecular formula is C21H18N6O. The van der Waals surface area contributed by atoms with Crippen LogP contribution in [0.5, 0.6) is 0 Å². The topological polar surface area (TPSA) is 70.0 Å². The molecule has 0 aliphatic heterocycles. The van der Waals surface area contributed by atoms with Crippen LogP contribution in [0.2, 0.25) is 0 Å². The minimum Gasteiger partial charge on any atom is -0.307 e. The highest BCUT2D eigenvalue weighted by Gasteiger charge is 2.12. The van der Waals surface area contributed by atoms with Gasteiger partial charge in [0.15, 0.2) is 0 Å². The van der Waals surface area contributed by atoms with E-state index in [1.54, 1.807) is 17.1 Å². The molecule has 5 aromatic rings. The second-order valence-corrected chi connectivity index (χ2v) is 6.79. The van der Waals surface area contributed by atoms with Crippen molar-refractivity contribution >= 4 is 16.4 Å². The summed E-state index contributed by atoms with van der Waals surface area (Å²) in [5.41, 5.74) is 3.53. The van der Waals surface area contributed by atoms with Crippen molar-refractivity contribution in [1.29, 1.82) is 0 Å². The Hall–Kier alpha value is -3.74. The van der Waals surface area contributed by atoms with Gasteiger partial charge in [0.05, 0.1) is 30.0 Å². The van der Waals surface area contributed by atoms with Crippen LogP contribution in [-0.2, 0) is 20.0 Å². The lowest BCUT2D eigenvalue weighted by atomic mass is 10.0. The van der Waals surface area contributed by atoms with Crippen LogP contribution in [-0.4, -0.2) is 28.9 Å². The Bertz CT molecular complexity index is 1330. The normalized spacial score (nSPS) is 11.5. The van der Waals surface area contributed by atoms with Gasteiger partial charge >= 0.3 is 0 Å². The molecule has 138 valence electrons. The van der Waals surface area contributed by atoms with Gasteiger partial charge in [-0.1, -0.05) is 24.3 Å². The zero-order valence-corrected chi connectivity index (χ0v) is 15.4. The Morgan fingerprint density at radius 3 is 2.75 bits per heavy atom. The van der Waals surface area contributed by atoms with Crippen LogP contribution < -0.4 is 5.56 Å². The molecule has 0 aliphatic carbocycles. The van der Waals surface area contributed by atoms with Gasteiger partial charge in [-0.15, -0.1) is 0 Å². The number of benzene rings is 1. The van der Waals surface area contributed by atoms with Crippen molar-refractivity contribution < 1.29 is 0 Å². The van der Waals surface area contributed by atoms with E-state index in [0.29, 0.717) is 18.4 Å². The monoisotopic (exact) mass is 370 g/mol. The van der Waals surface area contributed by atoms with Crippen LogP contribution in [0, 0.1) is 0 Å². The first-order valence-corrected chi connectivity index (χ1v) is 9.09. The third kappa shape index (κ3) is 2.77. The van der Waals surface area contributed by atoms with Crippen molar-refractivity contribution in [2.24, 2.45) is 7.05 Å². The third-order valence-electron chi connectivity index (χ3n) is 4.89. The lowest BCUT2D eigenvalue weighted by Crippen LogP contribution is -2.24. The molecule has 0 fully saturated rings. The van der Waals surface area contributed by atoms with Gasteiger partial charge in [0, 0.05) is 43.0 Å². The second kappa shape index (κ2) is 6.45. The highest BCUT2D eigenvalue weighted by atomic mass is 16.1. The van der Waals surface area contributed by atoms with Crippen molar-refractivity contribution in [3.8, 4) is 11.1 Å². The van der Waals surface area contributed by atoms with E-state index in [4.69, 9.17) is 0 Å². The number of nitrogens with zero attached hydrogens (tertiary/aromatic N) is 6. The predicted octanol–water partition coefficient (Wildman–Crippen LogP) is 2.69. The van der Waals surface area contributed by atoms with Gasteiger partial charge in [0.25, 0.3) is 5.56 Å². The SMILES string of the molecule is Cn1cc(-c2cccc3cnn(CCc4cn5ccccc5n4)c(=O)c23)cn1. The molecule has 0 N–H and O–H groups in total. The maximum absolute atomic E-state index is 13.2. The van der Waals surface area contributed by atoms with E-state index in [9.17, 15) is 4.79 Å². The molecule has 4 aromatic heterocycles. The molecule has 0 aliphatic rings. The molecule has 7 nitrogen and oxygen atoms in total. The number of rotatable bonds is 4. The Balaban J connectivity index is 1.53. The van der Waals surface area contributed by atoms with Crippen molar-refractivity contribution in [1.82, 2.24) is 28.9 Å². The lowest BCUT2D eigenvalue weighted by Gasteiger charge is -2.08. The molecule has 0 saturated carbocycles. The van der Waals surface area contributed by atoms with E-state index in [-0.39, 0.29) is 5.56 Å². The summed E-state index contributed by atoms with van der Waals surface area (Å²) in [5, 5.41) is 10.1. The van der Waals surface area contributed by atoms with E-state index in [2.05, 4.69) is 15.2 Å². The Morgan fingerprint density at radius 2 is 1.93 bits per heavy atom. The van der Waals surface area contributed by atoms with Crippen molar-refractivity contribution in [3.05, 3.63) is 83.4 Å². The third-order valence-corrected chi connectivity index (χ3v) is 4.89. The van der Waals surface area contributed by atoms with Crippen LogP contribution >= 0.6 is 0 Å². The minimum absolute atomic E-state index is 0.0966. The number of imidazole rings is 1. The molecule has 0 spiro atoms. The average molecular weight is 370 g/mol. The molecule has 7 heteroatoms. The molecule has 0 atom stereocenters. The van der Waals surface area contributed by atoms with Crippen LogP contribution in [0.3, 0.4) is 0 Å². The first-order valence-electron chi connectivity index (χ1n) is 9.09. The highest BCUT2D eigenvalue weighted by molar-refractivity contribution is 5.95. The fourth-order valence-corrected chi connectivity index (χ4v) is 3.52. The number of aryl methyl sites for hydroxylation is 3. The zero-order chi connectivity index (χ0) is 19.1. The quantitative estimate of drug-likeness (QED) is 0.488. The van der Waals surface area contributed by atoms with E-state index in [0.717, 1.165) is 27.9 Å². The lowest BCUT2D eigenvalue weighted by molar-refractivity contribution is 0.580. The molecule has 1 aromatic carbocycles. The van der Waals surface area contributed by atoms with Crippen molar-refractivity contribution in [2.45, 2.75) is 13.0 Å². The smallest absolute Gasteiger partial charge is 0.275 e. The van der Waals surface area contributed by atoms with Gasteiger partial charge < -0.3 is 4.40 Å². The van der Waals surface area contributed by atoms with E-state index >= 15 is 0 Å². The number of hydrogen-bond donors (Lipinski definition) is 0. The van der Waals surface area contributed by atoms with Gasteiger partial charge in [-0.2, -0.15) is 10.2 Å². The molecule has 0 bridgehead atoms. The van der Waals surface area contributed by atoms with E-state index < -0.39 is 0 Å². The predicted molar refractivity (Wildman–Crippen MR) is 107 cm³/mol. The molecular weight excluding hydrogens is 352 g/mol. The number of pyridine rings is 1. The molecule has 0 radical (unpaired) electrons. The number of aromatic nitrogens is 6. The van der Waals surface area contributed by atoms with Gasteiger partial charge in [0.2, 0.25) is 0 Å². The second-order valence-electron chi connectivity index (χ2n) is 6.79. The van der Waals surface area contributed by atoms with E-state index in [1.165, 1.54) is 4.68 Å². The van der Waals surface area contributed by atoms with Gasteiger partial charge in [0.1, 0.15) is 5.65 Å². The molecule has 0 saturated heterocycles.